The van der Waals surface area contributed by atoms with Gasteiger partial charge in [0.1, 0.15) is 11.9 Å². The predicted octanol–water partition coefficient (Wildman–Crippen LogP) is 2.90. The van der Waals surface area contributed by atoms with Crippen LogP contribution in [0.25, 0.3) is 0 Å². The largest absolute Gasteiger partial charge is 0.490 e. The predicted molar refractivity (Wildman–Crippen MR) is 81.0 cm³/mol. The lowest BCUT2D eigenvalue weighted by atomic mass is 10.0. The molecule has 122 valence electrons. The van der Waals surface area contributed by atoms with Gasteiger partial charge in [-0.1, -0.05) is 12.1 Å². The van der Waals surface area contributed by atoms with Crippen LogP contribution in [0.15, 0.2) is 36.5 Å². The normalized spacial score (nSPS) is 18.7. The lowest BCUT2D eigenvalue weighted by molar-refractivity contribution is 0.164. The van der Waals surface area contributed by atoms with Gasteiger partial charge in [-0.2, -0.15) is 0 Å². The molecule has 1 aliphatic heterocycles. The van der Waals surface area contributed by atoms with Crippen molar-refractivity contribution in [2.24, 2.45) is 0 Å². The van der Waals surface area contributed by atoms with E-state index in [9.17, 15) is 13.9 Å². The molecule has 2 N–H and O–H groups in total. The number of ether oxygens (including phenoxy) is 1. The number of nitrogens with one attached hydrogen (secondary N) is 1. The van der Waals surface area contributed by atoms with Gasteiger partial charge in [-0.15, -0.1) is 0 Å². The molecule has 3 rings (SSSR count). The number of aliphatic hydroxyl groups is 1. The number of rotatable bonds is 4. The summed E-state index contributed by atoms with van der Waals surface area (Å²) < 4.78 is 32.2. The molecular weight excluding hydrogens is 302 g/mol. The van der Waals surface area contributed by atoms with Crippen molar-refractivity contribution >= 4 is 0 Å². The molecule has 1 aliphatic rings. The number of hydrogen-bond donors (Lipinski definition) is 2. The molecule has 0 saturated carbocycles. The summed E-state index contributed by atoms with van der Waals surface area (Å²) >= 11 is 0. The van der Waals surface area contributed by atoms with Crippen molar-refractivity contribution in [1.29, 1.82) is 0 Å². The minimum absolute atomic E-state index is 0.113. The third kappa shape index (κ3) is 3.65. The van der Waals surface area contributed by atoms with Gasteiger partial charge in [0, 0.05) is 18.2 Å². The van der Waals surface area contributed by atoms with Crippen LogP contribution in [0.5, 0.6) is 5.75 Å². The van der Waals surface area contributed by atoms with Gasteiger partial charge in [-0.05, 0) is 31.0 Å². The second kappa shape index (κ2) is 7.02. The summed E-state index contributed by atoms with van der Waals surface area (Å²) in [5.74, 6) is -0.548. The molecule has 0 saturated heterocycles. The smallest absolute Gasteiger partial charge is 0.165 e. The quantitative estimate of drug-likeness (QED) is 0.909. The summed E-state index contributed by atoms with van der Waals surface area (Å²) in [5, 5.41) is 13.4. The fourth-order valence-electron chi connectivity index (χ4n) is 2.72. The Kier molecular flexibility index (Phi) is 4.83. The molecule has 0 spiro atoms. The van der Waals surface area contributed by atoms with E-state index in [2.05, 4.69) is 10.3 Å². The van der Waals surface area contributed by atoms with E-state index in [4.69, 9.17) is 4.74 Å². The zero-order chi connectivity index (χ0) is 16.2. The average Bonchev–Trinajstić information content (AvgIpc) is 2.76. The van der Waals surface area contributed by atoms with Crippen LogP contribution in [0.1, 0.15) is 36.2 Å². The molecule has 1 aromatic carbocycles. The van der Waals surface area contributed by atoms with E-state index in [0.717, 1.165) is 24.6 Å². The first kappa shape index (κ1) is 15.8. The highest BCUT2D eigenvalue weighted by Gasteiger charge is 2.23. The molecule has 2 atom stereocenters. The van der Waals surface area contributed by atoms with Crippen LogP contribution in [0, 0.1) is 11.6 Å². The molecule has 0 bridgehead atoms. The molecule has 2 heterocycles. The van der Waals surface area contributed by atoms with Crippen LogP contribution in [-0.4, -0.2) is 23.2 Å². The van der Waals surface area contributed by atoms with Crippen LogP contribution >= 0.6 is 0 Å². The fourth-order valence-corrected chi connectivity index (χ4v) is 2.72. The Morgan fingerprint density at radius 2 is 2.17 bits per heavy atom. The minimum atomic E-state index is -0.864. The lowest BCUT2D eigenvalue weighted by Crippen LogP contribution is -2.27. The van der Waals surface area contributed by atoms with Crippen molar-refractivity contribution in [3.63, 3.8) is 0 Å². The Labute approximate surface area is 133 Å². The number of hydrogen-bond acceptors (Lipinski definition) is 4. The van der Waals surface area contributed by atoms with E-state index in [0.29, 0.717) is 12.3 Å². The lowest BCUT2D eigenvalue weighted by Gasteiger charge is -2.20. The summed E-state index contributed by atoms with van der Waals surface area (Å²) in [7, 11) is 0. The molecule has 0 fully saturated rings. The van der Waals surface area contributed by atoms with Crippen molar-refractivity contribution in [2.75, 3.05) is 13.2 Å². The van der Waals surface area contributed by atoms with E-state index in [1.54, 1.807) is 6.07 Å². The number of halogens is 2. The standard InChI is InChI=1S/C17H18F2N2O2/c18-11-6-7-15(20-9-11)16(22)10-21-14-5-2-8-23-17-12(14)3-1-4-13(17)19/h1,3-4,6-7,9,14,16,21-22H,2,5,8,10H2. The molecule has 0 radical (unpaired) electrons. The number of aromatic nitrogens is 1. The third-order valence-corrected chi connectivity index (χ3v) is 3.91. The Morgan fingerprint density at radius 1 is 1.30 bits per heavy atom. The Balaban J connectivity index is 1.70. The van der Waals surface area contributed by atoms with E-state index >= 15 is 0 Å². The molecule has 1 aromatic heterocycles. The maximum Gasteiger partial charge on any atom is 0.165 e. The highest BCUT2D eigenvalue weighted by molar-refractivity contribution is 5.38. The van der Waals surface area contributed by atoms with E-state index in [1.807, 2.05) is 6.07 Å². The van der Waals surface area contributed by atoms with E-state index in [-0.39, 0.29) is 24.2 Å². The SMILES string of the molecule is OC(CNC1CCCOc2c(F)cccc21)c1ccc(F)cn1. The second-order valence-corrected chi connectivity index (χ2v) is 5.53. The van der Waals surface area contributed by atoms with Gasteiger partial charge >= 0.3 is 0 Å². The van der Waals surface area contributed by atoms with Crippen LogP contribution in [-0.2, 0) is 0 Å². The second-order valence-electron chi connectivity index (χ2n) is 5.53. The summed E-state index contributed by atoms with van der Waals surface area (Å²) in [4.78, 5) is 3.87. The van der Waals surface area contributed by atoms with Gasteiger partial charge in [0.25, 0.3) is 0 Å². The van der Waals surface area contributed by atoms with Gasteiger partial charge in [-0.3, -0.25) is 4.98 Å². The fraction of sp³-hybridized carbons (Fsp3) is 0.353. The number of fused-ring (bicyclic) bond motifs is 1. The zero-order valence-electron chi connectivity index (χ0n) is 12.5. The maximum atomic E-state index is 13.9. The third-order valence-electron chi connectivity index (χ3n) is 3.91. The first-order valence-electron chi connectivity index (χ1n) is 7.59. The number of aliphatic hydroxyl groups excluding tert-OH is 1. The summed E-state index contributed by atoms with van der Waals surface area (Å²) in [5.41, 5.74) is 1.14. The maximum absolute atomic E-state index is 13.9. The van der Waals surface area contributed by atoms with Crippen molar-refractivity contribution in [3.8, 4) is 5.75 Å². The first-order chi connectivity index (χ1) is 11.1. The Bertz CT molecular complexity index is 664. The van der Waals surface area contributed by atoms with Crippen LogP contribution in [0.3, 0.4) is 0 Å². The molecule has 0 amide bonds. The van der Waals surface area contributed by atoms with Crippen molar-refractivity contribution in [1.82, 2.24) is 10.3 Å². The van der Waals surface area contributed by atoms with Gasteiger partial charge in [-0.25, -0.2) is 8.78 Å². The number of benzene rings is 1. The van der Waals surface area contributed by atoms with Gasteiger partial charge in [0.05, 0.1) is 18.5 Å². The molecule has 6 heteroatoms. The van der Waals surface area contributed by atoms with Crippen molar-refractivity contribution < 1.29 is 18.6 Å². The average molecular weight is 320 g/mol. The van der Waals surface area contributed by atoms with Crippen LogP contribution in [0.2, 0.25) is 0 Å². The summed E-state index contributed by atoms with van der Waals surface area (Å²) in [6, 6.07) is 7.44. The summed E-state index contributed by atoms with van der Waals surface area (Å²) in [6.07, 6.45) is 1.77. The molecule has 2 unspecified atom stereocenters. The molecule has 0 aliphatic carbocycles. The Hall–Kier alpha value is -2.05. The minimum Gasteiger partial charge on any atom is -0.490 e. The topological polar surface area (TPSA) is 54.4 Å². The van der Waals surface area contributed by atoms with E-state index < -0.39 is 11.9 Å². The molecule has 23 heavy (non-hydrogen) atoms. The number of pyridine rings is 1. The molecular formula is C17H18F2N2O2. The van der Waals surface area contributed by atoms with Gasteiger partial charge in [0.15, 0.2) is 11.6 Å². The summed E-state index contributed by atoms with van der Waals surface area (Å²) in [6.45, 7) is 0.702. The highest BCUT2D eigenvalue weighted by atomic mass is 19.1. The molecule has 4 nitrogen and oxygen atoms in total. The highest BCUT2D eigenvalue weighted by Crippen LogP contribution is 2.33. The molecule has 2 aromatic rings. The Morgan fingerprint density at radius 3 is 2.96 bits per heavy atom. The van der Waals surface area contributed by atoms with Crippen molar-refractivity contribution in [3.05, 3.63) is 59.4 Å². The van der Waals surface area contributed by atoms with Crippen LogP contribution < -0.4 is 10.1 Å². The zero-order valence-corrected chi connectivity index (χ0v) is 12.5. The first-order valence-corrected chi connectivity index (χ1v) is 7.59. The van der Waals surface area contributed by atoms with Crippen LogP contribution in [0.4, 0.5) is 8.78 Å². The van der Waals surface area contributed by atoms with Crippen molar-refractivity contribution in [2.45, 2.75) is 25.0 Å². The monoisotopic (exact) mass is 320 g/mol. The number of para-hydroxylation sites is 1. The number of nitrogens with zero attached hydrogens (tertiary/aromatic N) is 1. The van der Waals surface area contributed by atoms with E-state index in [1.165, 1.54) is 18.2 Å². The van der Waals surface area contributed by atoms with Gasteiger partial charge in [0.2, 0.25) is 0 Å². The van der Waals surface area contributed by atoms with Gasteiger partial charge < -0.3 is 15.2 Å².